The number of hydrogen-bond donors (Lipinski definition) is 2. The predicted molar refractivity (Wildman–Crippen MR) is 76.1 cm³/mol. The third-order valence-corrected chi connectivity index (χ3v) is 3.12. The Morgan fingerprint density at radius 2 is 1.89 bits per heavy atom. The van der Waals surface area contributed by atoms with E-state index in [2.05, 4.69) is 0 Å². The van der Waals surface area contributed by atoms with Crippen LogP contribution in [0.1, 0.15) is 11.1 Å². The van der Waals surface area contributed by atoms with Crippen LogP contribution < -0.4 is 16.2 Å². The van der Waals surface area contributed by atoms with Crippen LogP contribution in [-0.4, -0.2) is 7.11 Å². The lowest BCUT2D eigenvalue weighted by atomic mass is 10.0. The summed E-state index contributed by atoms with van der Waals surface area (Å²) >= 11 is 6.15. The molecule has 0 atom stereocenters. The number of benzene rings is 2. The molecule has 2 aromatic carbocycles. The maximum Gasteiger partial charge on any atom is 0.142 e. The fraction of sp³-hybridized carbons (Fsp3) is 0.143. The Morgan fingerprint density at radius 3 is 2.56 bits per heavy atom. The molecule has 0 aliphatic heterocycles. The van der Waals surface area contributed by atoms with Gasteiger partial charge >= 0.3 is 0 Å². The van der Waals surface area contributed by atoms with Gasteiger partial charge in [0.25, 0.3) is 0 Å². The molecule has 2 aromatic rings. The molecule has 0 aliphatic rings. The van der Waals surface area contributed by atoms with Crippen LogP contribution in [0.5, 0.6) is 5.75 Å². The molecule has 0 spiro atoms. The second-order valence-electron chi connectivity index (χ2n) is 4.10. The number of methoxy groups -OCH3 is 1. The van der Waals surface area contributed by atoms with Crippen molar-refractivity contribution in [1.82, 2.24) is 0 Å². The molecule has 0 fully saturated rings. The van der Waals surface area contributed by atoms with E-state index in [1.54, 1.807) is 13.2 Å². The average Bonchev–Trinajstić information content (AvgIpc) is 2.35. The molecule has 0 saturated carbocycles. The van der Waals surface area contributed by atoms with E-state index in [4.69, 9.17) is 27.8 Å². The van der Waals surface area contributed by atoms with Gasteiger partial charge in [0.05, 0.1) is 12.8 Å². The van der Waals surface area contributed by atoms with Crippen molar-refractivity contribution in [3.63, 3.8) is 0 Å². The quantitative estimate of drug-likeness (QED) is 0.836. The summed E-state index contributed by atoms with van der Waals surface area (Å²) in [6.45, 7) is 0. The van der Waals surface area contributed by atoms with Crippen molar-refractivity contribution in [3.05, 3.63) is 52.5 Å². The molecule has 94 valence electrons. The number of nitrogens with two attached hydrogens (primary N) is 2. The van der Waals surface area contributed by atoms with E-state index < -0.39 is 0 Å². The van der Waals surface area contributed by atoms with Crippen molar-refractivity contribution >= 4 is 23.0 Å². The molecule has 2 rings (SSSR count). The number of rotatable bonds is 3. The van der Waals surface area contributed by atoms with Crippen molar-refractivity contribution < 1.29 is 4.74 Å². The Morgan fingerprint density at radius 1 is 1.11 bits per heavy atom. The van der Waals surface area contributed by atoms with E-state index in [0.717, 1.165) is 17.5 Å². The van der Waals surface area contributed by atoms with E-state index in [0.29, 0.717) is 22.1 Å². The highest BCUT2D eigenvalue weighted by molar-refractivity contribution is 6.31. The maximum absolute atomic E-state index is 6.15. The summed E-state index contributed by atoms with van der Waals surface area (Å²) in [6, 6.07) is 11.2. The maximum atomic E-state index is 6.15. The SMILES string of the molecule is COc1cc(Cc2ccc(N)cc2Cl)ccc1N. The first kappa shape index (κ1) is 12.6. The second kappa shape index (κ2) is 5.19. The largest absolute Gasteiger partial charge is 0.495 e. The lowest BCUT2D eigenvalue weighted by Gasteiger charge is -2.09. The fourth-order valence-corrected chi connectivity index (χ4v) is 2.05. The van der Waals surface area contributed by atoms with Crippen LogP contribution in [0.15, 0.2) is 36.4 Å². The molecule has 0 bridgehead atoms. The van der Waals surface area contributed by atoms with E-state index in [1.807, 2.05) is 30.3 Å². The van der Waals surface area contributed by atoms with Crippen LogP contribution in [0.3, 0.4) is 0 Å². The topological polar surface area (TPSA) is 61.3 Å². The highest BCUT2D eigenvalue weighted by Crippen LogP contribution is 2.26. The summed E-state index contributed by atoms with van der Waals surface area (Å²) in [5.74, 6) is 0.680. The molecule has 0 amide bonds. The highest BCUT2D eigenvalue weighted by Gasteiger charge is 2.05. The minimum atomic E-state index is 0.629. The van der Waals surface area contributed by atoms with Gasteiger partial charge in [-0.3, -0.25) is 0 Å². The van der Waals surface area contributed by atoms with Gasteiger partial charge in [0.15, 0.2) is 0 Å². The number of anilines is 2. The molecule has 0 heterocycles. The van der Waals surface area contributed by atoms with Gasteiger partial charge in [-0.25, -0.2) is 0 Å². The normalized spacial score (nSPS) is 10.3. The summed E-state index contributed by atoms with van der Waals surface area (Å²) < 4.78 is 5.19. The number of ether oxygens (including phenoxy) is 1. The number of hydrogen-bond acceptors (Lipinski definition) is 3. The molecule has 4 heteroatoms. The van der Waals surface area contributed by atoms with Crippen molar-refractivity contribution in [2.45, 2.75) is 6.42 Å². The van der Waals surface area contributed by atoms with Crippen LogP contribution in [0, 0.1) is 0 Å². The first-order valence-electron chi connectivity index (χ1n) is 5.56. The Hall–Kier alpha value is -1.87. The number of halogens is 1. The molecule has 0 unspecified atom stereocenters. The van der Waals surface area contributed by atoms with Crippen LogP contribution >= 0.6 is 11.6 Å². The minimum Gasteiger partial charge on any atom is -0.495 e. The smallest absolute Gasteiger partial charge is 0.142 e. The monoisotopic (exact) mass is 262 g/mol. The molecule has 0 radical (unpaired) electrons. The zero-order chi connectivity index (χ0) is 13.1. The van der Waals surface area contributed by atoms with Gasteiger partial charge in [-0.1, -0.05) is 23.7 Å². The molecule has 3 nitrogen and oxygen atoms in total. The van der Waals surface area contributed by atoms with Gasteiger partial charge < -0.3 is 16.2 Å². The van der Waals surface area contributed by atoms with E-state index in [-0.39, 0.29) is 0 Å². The molecule has 4 N–H and O–H groups in total. The lowest BCUT2D eigenvalue weighted by Crippen LogP contribution is -1.96. The van der Waals surface area contributed by atoms with Crippen molar-refractivity contribution in [3.8, 4) is 5.75 Å². The number of nitrogen functional groups attached to an aromatic ring is 2. The third-order valence-electron chi connectivity index (χ3n) is 2.77. The van der Waals surface area contributed by atoms with Gasteiger partial charge in [-0.15, -0.1) is 0 Å². The van der Waals surface area contributed by atoms with Gasteiger partial charge in [0, 0.05) is 10.7 Å². The Bertz CT molecular complexity index is 570. The zero-order valence-corrected chi connectivity index (χ0v) is 10.9. The van der Waals surface area contributed by atoms with Crippen LogP contribution in [0.4, 0.5) is 11.4 Å². The minimum absolute atomic E-state index is 0.629. The average molecular weight is 263 g/mol. The summed E-state index contributed by atoms with van der Waals surface area (Å²) in [5, 5.41) is 0.672. The summed E-state index contributed by atoms with van der Waals surface area (Å²) in [7, 11) is 1.60. The Labute approximate surface area is 111 Å². The van der Waals surface area contributed by atoms with Gasteiger partial charge in [-0.05, 0) is 41.8 Å². The molecular formula is C14H15ClN2O. The first-order valence-corrected chi connectivity index (χ1v) is 5.94. The predicted octanol–water partition coefficient (Wildman–Crippen LogP) is 3.10. The Kier molecular flexibility index (Phi) is 3.63. The molecule has 0 aliphatic carbocycles. The van der Waals surface area contributed by atoms with Crippen molar-refractivity contribution in [2.24, 2.45) is 0 Å². The fourth-order valence-electron chi connectivity index (χ4n) is 1.79. The Balaban J connectivity index is 2.28. The van der Waals surface area contributed by atoms with Gasteiger partial charge in [0.1, 0.15) is 5.75 Å². The van der Waals surface area contributed by atoms with Crippen LogP contribution in [-0.2, 0) is 6.42 Å². The van der Waals surface area contributed by atoms with E-state index in [9.17, 15) is 0 Å². The molecule has 0 saturated heterocycles. The third kappa shape index (κ3) is 2.68. The second-order valence-corrected chi connectivity index (χ2v) is 4.51. The highest BCUT2D eigenvalue weighted by atomic mass is 35.5. The van der Waals surface area contributed by atoms with Crippen LogP contribution in [0.2, 0.25) is 5.02 Å². The van der Waals surface area contributed by atoms with E-state index in [1.165, 1.54) is 0 Å². The van der Waals surface area contributed by atoms with Crippen molar-refractivity contribution in [2.75, 3.05) is 18.6 Å². The lowest BCUT2D eigenvalue weighted by molar-refractivity contribution is 0.416. The first-order chi connectivity index (χ1) is 8.60. The van der Waals surface area contributed by atoms with E-state index >= 15 is 0 Å². The standard InChI is InChI=1S/C14H15ClN2O/c1-18-14-7-9(2-5-13(14)17)6-10-3-4-11(16)8-12(10)15/h2-5,7-8H,6,16-17H2,1H3. The molecule has 18 heavy (non-hydrogen) atoms. The van der Waals surface area contributed by atoms with Gasteiger partial charge in [0.2, 0.25) is 0 Å². The van der Waals surface area contributed by atoms with Gasteiger partial charge in [-0.2, -0.15) is 0 Å². The molecule has 0 aromatic heterocycles. The summed E-state index contributed by atoms with van der Waals surface area (Å²) in [6.07, 6.45) is 0.718. The summed E-state index contributed by atoms with van der Waals surface area (Å²) in [4.78, 5) is 0. The van der Waals surface area contributed by atoms with Crippen LogP contribution in [0.25, 0.3) is 0 Å². The van der Waals surface area contributed by atoms with Crippen molar-refractivity contribution in [1.29, 1.82) is 0 Å². The summed E-state index contributed by atoms with van der Waals surface area (Å²) in [5.41, 5.74) is 14.9. The zero-order valence-electron chi connectivity index (χ0n) is 10.1. The molecular weight excluding hydrogens is 248 g/mol.